The van der Waals surface area contributed by atoms with Crippen LogP contribution in [0.25, 0.3) is 0 Å². The lowest BCUT2D eigenvalue weighted by molar-refractivity contribution is -0.118. The van der Waals surface area contributed by atoms with E-state index in [4.69, 9.17) is 4.99 Å². The molecule has 194 valence electrons. The van der Waals surface area contributed by atoms with Gasteiger partial charge in [-0.15, -0.1) is 0 Å². The van der Waals surface area contributed by atoms with Gasteiger partial charge in [-0.25, -0.2) is 15.0 Å². The maximum Gasteiger partial charge on any atom is 0.251 e. The minimum absolute atomic E-state index is 0.226. The summed E-state index contributed by atoms with van der Waals surface area (Å²) < 4.78 is 2.60. The van der Waals surface area contributed by atoms with Crippen LogP contribution in [0.3, 0.4) is 0 Å². The number of anilines is 1. The number of amides is 1. The third-order valence-corrected chi connectivity index (χ3v) is 6.16. The highest BCUT2D eigenvalue weighted by Crippen LogP contribution is 2.34. The minimum Gasteiger partial charge on any atom is -0.346 e. The standard InChI is InChI=1S/C25H27BrN8O.C2H6/c1-15-7-5-6-8-21(15)31-17(3)32-25-30-16(2)22(23(33-25)19-9-10-27-12-20(19)26)24(35)28-11-18-13-34(4)14-29-18;1-2/h5-10,12-14,23H,11H2,1-4H3,(H,28,35)(H2,30,31,32,33);1-2H3. The Labute approximate surface area is 226 Å². The fourth-order valence-corrected chi connectivity index (χ4v) is 4.23. The summed E-state index contributed by atoms with van der Waals surface area (Å²) in [6, 6.07) is 9.28. The highest BCUT2D eigenvalue weighted by atomic mass is 79.9. The number of rotatable bonds is 5. The molecule has 0 saturated carbocycles. The summed E-state index contributed by atoms with van der Waals surface area (Å²) in [5.41, 5.74) is 4.87. The molecule has 3 heterocycles. The Hall–Kier alpha value is -3.79. The summed E-state index contributed by atoms with van der Waals surface area (Å²) in [6.07, 6.45) is 6.95. The van der Waals surface area contributed by atoms with Crippen molar-refractivity contribution in [2.24, 2.45) is 17.0 Å². The molecule has 9 nitrogen and oxygen atoms in total. The zero-order chi connectivity index (χ0) is 26.9. The average Bonchev–Trinajstić information content (AvgIpc) is 3.30. The van der Waals surface area contributed by atoms with Crippen LogP contribution in [0, 0.1) is 6.92 Å². The molecule has 10 heteroatoms. The van der Waals surface area contributed by atoms with Gasteiger partial charge in [-0.2, -0.15) is 0 Å². The van der Waals surface area contributed by atoms with Gasteiger partial charge in [-0.1, -0.05) is 32.0 Å². The molecule has 1 atom stereocenters. The molecular formula is C27H33BrN8O. The number of aliphatic imine (C=N–C) groups is 2. The first-order valence-electron chi connectivity index (χ1n) is 12.1. The van der Waals surface area contributed by atoms with Gasteiger partial charge in [0, 0.05) is 41.5 Å². The second kappa shape index (κ2) is 13.0. The average molecular weight is 566 g/mol. The molecule has 1 amide bonds. The third-order valence-electron chi connectivity index (χ3n) is 5.49. The van der Waals surface area contributed by atoms with Crippen LogP contribution in [-0.2, 0) is 18.4 Å². The van der Waals surface area contributed by atoms with Crippen LogP contribution >= 0.6 is 15.9 Å². The van der Waals surface area contributed by atoms with Crippen molar-refractivity contribution in [3.8, 4) is 0 Å². The second-order valence-electron chi connectivity index (χ2n) is 8.27. The number of para-hydroxylation sites is 1. The third kappa shape index (κ3) is 7.13. The Morgan fingerprint density at radius 2 is 1.97 bits per heavy atom. The van der Waals surface area contributed by atoms with Crippen LogP contribution in [0.4, 0.5) is 5.69 Å². The zero-order valence-electron chi connectivity index (χ0n) is 22.0. The van der Waals surface area contributed by atoms with E-state index in [-0.39, 0.29) is 5.91 Å². The van der Waals surface area contributed by atoms with Gasteiger partial charge in [0.05, 0.1) is 24.1 Å². The molecule has 3 N–H and O–H groups in total. The number of allylic oxidation sites excluding steroid dienone is 1. The van der Waals surface area contributed by atoms with Crippen LogP contribution in [0.1, 0.15) is 50.6 Å². The summed E-state index contributed by atoms with van der Waals surface area (Å²) in [4.78, 5) is 31.2. The van der Waals surface area contributed by atoms with Crippen molar-refractivity contribution in [2.45, 2.75) is 47.2 Å². The molecule has 0 radical (unpaired) electrons. The van der Waals surface area contributed by atoms with Gasteiger partial charge >= 0.3 is 0 Å². The van der Waals surface area contributed by atoms with E-state index in [1.165, 1.54) is 0 Å². The number of benzene rings is 1. The van der Waals surface area contributed by atoms with Gasteiger partial charge in [-0.05, 0) is 60.0 Å². The maximum absolute atomic E-state index is 13.3. The van der Waals surface area contributed by atoms with E-state index in [0.29, 0.717) is 29.6 Å². The monoisotopic (exact) mass is 564 g/mol. The smallest absolute Gasteiger partial charge is 0.251 e. The lowest BCUT2D eigenvalue weighted by Gasteiger charge is -2.26. The minimum atomic E-state index is -0.567. The van der Waals surface area contributed by atoms with Gasteiger partial charge in [0.1, 0.15) is 11.9 Å². The second-order valence-corrected chi connectivity index (χ2v) is 9.12. The first kappa shape index (κ1) is 27.8. The van der Waals surface area contributed by atoms with E-state index in [2.05, 4.69) is 46.8 Å². The van der Waals surface area contributed by atoms with Crippen LogP contribution < -0.4 is 16.0 Å². The van der Waals surface area contributed by atoms with Gasteiger partial charge in [-0.3, -0.25) is 9.78 Å². The fourth-order valence-electron chi connectivity index (χ4n) is 3.76. The van der Waals surface area contributed by atoms with Gasteiger partial charge < -0.3 is 20.5 Å². The van der Waals surface area contributed by atoms with Crippen LogP contribution in [0.2, 0.25) is 0 Å². The van der Waals surface area contributed by atoms with E-state index < -0.39 is 6.04 Å². The number of pyridine rings is 1. The van der Waals surface area contributed by atoms with E-state index in [1.807, 2.05) is 82.8 Å². The van der Waals surface area contributed by atoms with Gasteiger partial charge in [0.2, 0.25) is 5.96 Å². The van der Waals surface area contributed by atoms with Crippen LogP contribution in [-0.4, -0.2) is 32.2 Å². The molecule has 2 aromatic heterocycles. The lowest BCUT2D eigenvalue weighted by Crippen LogP contribution is -2.36. The van der Waals surface area contributed by atoms with E-state index in [0.717, 1.165) is 27.0 Å². The SMILES string of the molecule is CC.CC1=C(C(=O)NCc2cn(C)cn2)C(c2ccncc2Br)N=C(/N=C(/C)Nc2ccccc2C)N1. The summed E-state index contributed by atoms with van der Waals surface area (Å²) in [6.45, 7) is 10.1. The molecule has 1 aliphatic heterocycles. The van der Waals surface area contributed by atoms with E-state index >= 15 is 0 Å². The van der Waals surface area contributed by atoms with Crippen LogP contribution in [0.5, 0.6) is 0 Å². The molecule has 0 bridgehead atoms. The Morgan fingerprint density at radius 1 is 1.22 bits per heavy atom. The Morgan fingerprint density at radius 3 is 2.65 bits per heavy atom. The molecule has 0 fully saturated rings. The molecule has 4 rings (SSSR count). The molecular weight excluding hydrogens is 532 g/mol. The first-order chi connectivity index (χ1) is 17.8. The quantitative estimate of drug-likeness (QED) is 0.297. The highest BCUT2D eigenvalue weighted by Gasteiger charge is 2.30. The molecule has 3 aromatic rings. The molecule has 1 unspecified atom stereocenters. The van der Waals surface area contributed by atoms with Crippen molar-refractivity contribution < 1.29 is 4.79 Å². The van der Waals surface area contributed by atoms with E-state index in [9.17, 15) is 4.79 Å². The number of carbonyl (C=O) groups excluding carboxylic acids is 1. The number of halogens is 1. The first-order valence-corrected chi connectivity index (χ1v) is 12.9. The summed E-state index contributed by atoms with van der Waals surface area (Å²) in [5, 5.41) is 9.47. The summed E-state index contributed by atoms with van der Waals surface area (Å²) in [5.74, 6) is 0.862. The Kier molecular flexibility index (Phi) is 9.73. The highest BCUT2D eigenvalue weighted by molar-refractivity contribution is 9.10. The number of nitrogens with zero attached hydrogens (tertiary/aromatic N) is 5. The number of hydrogen-bond donors (Lipinski definition) is 3. The topological polar surface area (TPSA) is 109 Å². The normalized spacial score (nSPS) is 15.3. The van der Waals surface area contributed by atoms with Crippen molar-refractivity contribution in [3.63, 3.8) is 0 Å². The van der Waals surface area contributed by atoms with Crippen molar-refractivity contribution in [1.82, 2.24) is 25.2 Å². The van der Waals surface area contributed by atoms with Crippen molar-refractivity contribution >= 4 is 39.3 Å². The van der Waals surface area contributed by atoms with Gasteiger partial charge in [0.25, 0.3) is 5.91 Å². The number of hydrogen-bond acceptors (Lipinski definition) is 6. The number of nitrogens with one attached hydrogen (secondary N) is 3. The van der Waals surface area contributed by atoms with Crippen molar-refractivity contribution in [3.05, 3.63) is 87.8 Å². The Bertz CT molecular complexity index is 1340. The zero-order valence-corrected chi connectivity index (χ0v) is 23.6. The maximum atomic E-state index is 13.3. The van der Waals surface area contributed by atoms with Crippen LogP contribution in [0.15, 0.2) is 81.0 Å². The van der Waals surface area contributed by atoms with Gasteiger partial charge in [0.15, 0.2) is 0 Å². The summed E-state index contributed by atoms with van der Waals surface area (Å²) in [7, 11) is 1.89. The number of imidazole rings is 1. The van der Waals surface area contributed by atoms with Crippen molar-refractivity contribution in [1.29, 1.82) is 0 Å². The largest absolute Gasteiger partial charge is 0.346 e. The summed E-state index contributed by atoms with van der Waals surface area (Å²) >= 11 is 3.56. The van der Waals surface area contributed by atoms with E-state index in [1.54, 1.807) is 18.7 Å². The number of amidine groups is 1. The molecule has 1 aromatic carbocycles. The Balaban J connectivity index is 0.00000186. The number of aryl methyl sites for hydroxylation is 2. The van der Waals surface area contributed by atoms with Crippen molar-refractivity contribution in [2.75, 3.05) is 5.32 Å². The lowest BCUT2D eigenvalue weighted by atomic mass is 9.96. The number of aromatic nitrogens is 3. The number of guanidine groups is 1. The predicted octanol–water partition coefficient (Wildman–Crippen LogP) is 5.03. The molecule has 0 saturated heterocycles. The number of carbonyl (C=O) groups is 1. The predicted molar refractivity (Wildman–Crippen MR) is 152 cm³/mol. The molecule has 0 spiro atoms. The molecule has 0 aliphatic carbocycles. The molecule has 1 aliphatic rings. The fraction of sp³-hybridized carbons (Fsp3) is 0.296. The molecule has 37 heavy (non-hydrogen) atoms.